The van der Waals surface area contributed by atoms with Gasteiger partial charge in [0.15, 0.2) is 0 Å². The Bertz CT molecular complexity index is 482. The third-order valence-corrected chi connectivity index (χ3v) is 3.28. The van der Waals surface area contributed by atoms with E-state index in [0.29, 0.717) is 12.5 Å². The van der Waals surface area contributed by atoms with Gasteiger partial charge in [-0.2, -0.15) is 0 Å². The van der Waals surface area contributed by atoms with Gasteiger partial charge >= 0.3 is 6.09 Å². The zero-order valence-electron chi connectivity index (χ0n) is 12.6. The van der Waals surface area contributed by atoms with Crippen LogP contribution >= 0.6 is 0 Å². The quantitative estimate of drug-likeness (QED) is 0.923. The molecule has 0 saturated heterocycles. The Morgan fingerprint density at radius 1 is 1.55 bits per heavy atom. The summed E-state index contributed by atoms with van der Waals surface area (Å²) < 4.78 is 5.34. The van der Waals surface area contributed by atoms with Gasteiger partial charge in [0.25, 0.3) is 0 Å². The van der Waals surface area contributed by atoms with Crippen molar-refractivity contribution < 1.29 is 9.53 Å². The van der Waals surface area contributed by atoms with Gasteiger partial charge in [-0.3, -0.25) is 4.98 Å². The molecule has 0 aliphatic carbocycles. The number of pyridine rings is 1. The van der Waals surface area contributed by atoms with E-state index in [1.54, 1.807) is 11.9 Å². The first-order valence-corrected chi connectivity index (χ1v) is 7.00. The van der Waals surface area contributed by atoms with Crippen LogP contribution in [-0.2, 0) is 4.74 Å². The number of fused-ring (bicyclic) bond motifs is 1. The van der Waals surface area contributed by atoms with Crippen LogP contribution in [0.3, 0.4) is 0 Å². The second kappa shape index (κ2) is 5.69. The summed E-state index contributed by atoms with van der Waals surface area (Å²) in [4.78, 5) is 17.9. The maximum Gasteiger partial charge on any atom is 0.410 e. The first-order valence-electron chi connectivity index (χ1n) is 7.00. The highest BCUT2D eigenvalue weighted by Gasteiger charge is 2.25. The molecule has 2 rings (SSSR count). The molecule has 1 aliphatic rings. The van der Waals surface area contributed by atoms with Crippen molar-refractivity contribution in [3.8, 4) is 0 Å². The number of ether oxygens (including phenoxy) is 1. The zero-order valence-corrected chi connectivity index (χ0v) is 12.6. The van der Waals surface area contributed by atoms with Gasteiger partial charge in [0, 0.05) is 32.3 Å². The van der Waals surface area contributed by atoms with Gasteiger partial charge in [0.1, 0.15) is 5.60 Å². The lowest BCUT2D eigenvalue weighted by Crippen LogP contribution is -2.35. The average Bonchev–Trinajstić information content (AvgIpc) is 2.77. The van der Waals surface area contributed by atoms with E-state index in [2.05, 4.69) is 10.3 Å². The normalized spacial score (nSPS) is 17.3. The molecule has 1 N–H and O–H groups in total. The van der Waals surface area contributed by atoms with E-state index in [1.807, 2.05) is 39.1 Å². The maximum absolute atomic E-state index is 11.9. The van der Waals surface area contributed by atoms with E-state index in [4.69, 9.17) is 4.74 Å². The highest BCUT2D eigenvalue weighted by molar-refractivity contribution is 5.67. The van der Waals surface area contributed by atoms with E-state index < -0.39 is 5.60 Å². The molecule has 1 aromatic rings. The second-order valence-electron chi connectivity index (χ2n) is 6.20. The second-order valence-corrected chi connectivity index (χ2v) is 6.20. The largest absolute Gasteiger partial charge is 0.444 e. The van der Waals surface area contributed by atoms with E-state index >= 15 is 0 Å². The summed E-state index contributed by atoms with van der Waals surface area (Å²) in [6.45, 7) is 7.17. The van der Waals surface area contributed by atoms with Crippen LogP contribution in [0.15, 0.2) is 18.3 Å². The topological polar surface area (TPSA) is 54.5 Å². The first-order chi connectivity index (χ1) is 9.37. The van der Waals surface area contributed by atoms with E-state index in [9.17, 15) is 4.79 Å². The number of carbonyl (C=O) groups excluding carboxylic acids is 1. The average molecular weight is 277 g/mol. The van der Waals surface area contributed by atoms with Crippen LogP contribution in [0.1, 0.15) is 38.8 Å². The molecule has 110 valence electrons. The number of hydrogen-bond acceptors (Lipinski definition) is 4. The van der Waals surface area contributed by atoms with Crippen LogP contribution in [0.5, 0.6) is 0 Å². The van der Waals surface area contributed by atoms with Crippen molar-refractivity contribution in [3.05, 3.63) is 24.0 Å². The minimum absolute atomic E-state index is 0.273. The molecule has 5 nitrogen and oxygen atoms in total. The lowest BCUT2D eigenvalue weighted by molar-refractivity contribution is 0.0295. The fourth-order valence-corrected chi connectivity index (χ4v) is 2.24. The lowest BCUT2D eigenvalue weighted by Gasteiger charge is -2.25. The molecule has 0 radical (unpaired) electrons. The number of carbonyl (C=O) groups is 1. The molecule has 2 heterocycles. The summed E-state index contributed by atoms with van der Waals surface area (Å²) >= 11 is 0. The molecule has 1 aliphatic heterocycles. The molecule has 0 aromatic carbocycles. The molecule has 1 aromatic heterocycles. The summed E-state index contributed by atoms with van der Waals surface area (Å²) in [6.07, 6.45) is 2.42. The third-order valence-electron chi connectivity index (χ3n) is 3.28. The summed E-state index contributed by atoms with van der Waals surface area (Å²) in [5.74, 6) is 0.357. The van der Waals surface area contributed by atoms with Gasteiger partial charge in [-0.25, -0.2) is 4.79 Å². The smallest absolute Gasteiger partial charge is 0.410 e. The van der Waals surface area contributed by atoms with Crippen molar-refractivity contribution >= 4 is 11.8 Å². The third kappa shape index (κ3) is 3.62. The van der Waals surface area contributed by atoms with Gasteiger partial charge in [-0.1, -0.05) is 0 Å². The Morgan fingerprint density at radius 3 is 3.00 bits per heavy atom. The Labute approximate surface area is 120 Å². The number of rotatable bonds is 3. The van der Waals surface area contributed by atoms with Crippen LogP contribution in [0.4, 0.5) is 10.5 Å². The van der Waals surface area contributed by atoms with Crippen molar-refractivity contribution in [2.24, 2.45) is 0 Å². The highest BCUT2D eigenvalue weighted by atomic mass is 16.6. The van der Waals surface area contributed by atoms with Crippen molar-refractivity contribution in [2.45, 2.75) is 38.7 Å². The SMILES string of the molecule is CN(CCC1CNc2cccnc21)C(=O)OC(C)(C)C. The summed E-state index contributed by atoms with van der Waals surface area (Å²) in [5, 5.41) is 3.34. The number of anilines is 1. The summed E-state index contributed by atoms with van der Waals surface area (Å²) in [5.41, 5.74) is 1.76. The van der Waals surface area contributed by atoms with Gasteiger partial charge in [-0.15, -0.1) is 0 Å². The van der Waals surface area contributed by atoms with Crippen molar-refractivity contribution in [1.29, 1.82) is 0 Å². The van der Waals surface area contributed by atoms with Gasteiger partial charge in [0.05, 0.1) is 11.4 Å². The highest BCUT2D eigenvalue weighted by Crippen LogP contribution is 2.31. The standard InChI is InChI=1S/C15H23N3O2/c1-15(2,3)20-14(19)18(4)9-7-11-10-17-12-6-5-8-16-13(11)12/h5-6,8,11,17H,7,9-10H2,1-4H3. The van der Waals surface area contributed by atoms with Crippen molar-refractivity contribution in [2.75, 3.05) is 25.5 Å². The fraction of sp³-hybridized carbons (Fsp3) is 0.600. The number of aromatic nitrogens is 1. The molecule has 0 bridgehead atoms. The minimum Gasteiger partial charge on any atom is -0.444 e. The monoisotopic (exact) mass is 277 g/mol. The van der Waals surface area contributed by atoms with E-state index in [0.717, 1.165) is 24.3 Å². The number of hydrogen-bond donors (Lipinski definition) is 1. The molecule has 0 saturated carbocycles. The molecule has 5 heteroatoms. The minimum atomic E-state index is -0.450. The van der Waals surface area contributed by atoms with Crippen molar-refractivity contribution in [1.82, 2.24) is 9.88 Å². The van der Waals surface area contributed by atoms with Gasteiger partial charge in [0.2, 0.25) is 0 Å². The van der Waals surface area contributed by atoms with Crippen LogP contribution in [0, 0.1) is 0 Å². The molecule has 0 fully saturated rings. The van der Waals surface area contributed by atoms with Crippen molar-refractivity contribution in [3.63, 3.8) is 0 Å². The molecule has 1 atom stereocenters. The summed E-state index contributed by atoms with van der Waals surface area (Å²) in [6, 6.07) is 3.97. The number of nitrogens with zero attached hydrogens (tertiary/aromatic N) is 2. The first kappa shape index (κ1) is 14.6. The lowest BCUT2D eigenvalue weighted by atomic mass is 10.0. The molecular formula is C15H23N3O2. The molecule has 1 unspecified atom stereocenters. The predicted octanol–water partition coefficient (Wildman–Crippen LogP) is 2.85. The molecule has 20 heavy (non-hydrogen) atoms. The Hall–Kier alpha value is -1.78. The Balaban J connectivity index is 1.86. The molecule has 0 spiro atoms. The van der Waals surface area contributed by atoms with E-state index in [-0.39, 0.29) is 6.09 Å². The predicted molar refractivity (Wildman–Crippen MR) is 78.9 cm³/mol. The number of amides is 1. The molecule has 1 amide bonds. The number of nitrogens with one attached hydrogen (secondary N) is 1. The van der Waals surface area contributed by atoms with E-state index in [1.165, 1.54) is 0 Å². The zero-order chi connectivity index (χ0) is 14.8. The maximum atomic E-state index is 11.9. The Morgan fingerprint density at radius 2 is 2.30 bits per heavy atom. The van der Waals surface area contributed by atoms with Crippen LogP contribution in [0.2, 0.25) is 0 Å². The van der Waals surface area contributed by atoms with Gasteiger partial charge < -0.3 is 15.0 Å². The van der Waals surface area contributed by atoms with Gasteiger partial charge in [-0.05, 0) is 39.3 Å². The van der Waals surface area contributed by atoms with Crippen LogP contribution in [-0.4, -0.2) is 41.7 Å². The van der Waals surface area contributed by atoms with Crippen LogP contribution < -0.4 is 5.32 Å². The van der Waals surface area contributed by atoms with Crippen LogP contribution in [0.25, 0.3) is 0 Å². The summed E-state index contributed by atoms with van der Waals surface area (Å²) in [7, 11) is 1.77. The fourth-order valence-electron chi connectivity index (χ4n) is 2.24. The molecular weight excluding hydrogens is 254 g/mol. The Kier molecular flexibility index (Phi) is 4.16.